The molecule has 0 spiro atoms. The van der Waals surface area contributed by atoms with E-state index in [1.807, 2.05) is 19.1 Å². The molecule has 0 unspecified atom stereocenters. The van der Waals surface area contributed by atoms with Crippen molar-refractivity contribution in [1.82, 2.24) is 0 Å². The summed E-state index contributed by atoms with van der Waals surface area (Å²) in [6.07, 6.45) is 0.915. The maximum atomic E-state index is 9.54. The second-order valence-corrected chi connectivity index (χ2v) is 4.64. The van der Waals surface area contributed by atoms with Gasteiger partial charge < -0.3 is 15.2 Å². The zero-order valence-corrected chi connectivity index (χ0v) is 10.5. The zero-order chi connectivity index (χ0) is 12.2. The van der Waals surface area contributed by atoms with Crippen molar-refractivity contribution < 1.29 is 9.84 Å². The van der Waals surface area contributed by atoms with E-state index >= 15 is 0 Å². The SMILES string of the molecule is COC(C)(C)CCNc1ccc(C)c(O)c1. The first-order valence-corrected chi connectivity index (χ1v) is 5.53. The number of hydrogen-bond donors (Lipinski definition) is 2. The molecule has 0 atom stereocenters. The third-order valence-corrected chi connectivity index (χ3v) is 2.82. The Labute approximate surface area is 97.4 Å². The average molecular weight is 223 g/mol. The van der Waals surface area contributed by atoms with Gasteiger partial charge in [-0.3, -0.25) is 0 Å². The third-order valence-electron chi connectivity index (χ3n) is 2.82. The summed E-state index contributed by atoms with van der Waals surface area (Å²) in [4.78, 5) is 0. The molecule has 16 heavy (non-hydrogen) atoms. The van der Waals surface area contributed by atoms with Crippen LogP contribution in [0.4, 0.5) is 5.69 Å². The van der Waals surface area contributed by atoms with Gasteiger partial charge in [-0.2, -0.15) is 0 Å². The Balaban J connectivity index is 2.46. The topological polar surface area (TPSA) is 41.5 Å². The minimum Gasteiger partial charge on any atom is -0.508 e. The van der Waals surface area contributed by atoms with Gasteiger partial charge in [0.1, 0.15) is 5.75 Å². The minimum absolute atomic E-state index is 0.111. The first-order chi connectivity index (χ1) is 7.44. The van der Waals surface area contributed by atoms with Gasteiger partial charge in [-0.25, -0.2) is 0 Å². The molecule has 0 saturated carbocycles. The summed E-state index contributed by atoms with van der Waals surface area (Å²) < 4.78 is 5.33. The number of aryl methyl sites for hydroxylation is 1. The zero-order valence-electron chi connectivity index (χ0n) is 10.5. The average Bonchev–Trinajstić information content (AvgIpc) is 2.23. The van der Waals surface area contributed by atoms with Gasteiger partial charge in [-0.05, 0) is 38.8 Å². The van der Waals surface area contributed by atoms with Crippen LogP contribution in [0.1, 0.15) is 25.8 Å². The lowest BCUT2D eigenvalue weighted by molar-refractivity contribution is 0.0185. The van der Waals surface area contributed by atoms with E-state index in [1.54, 1.807) is 13.2 Å². The summed E-state index contributed by atoms with van der Waals surface area (Å²) in [6.45, 7) is 6.82. The summed E-state index contributed by atoms with van der Waals surface area (Å²) >= 11 is 0. The number of anilines is 1. The predicted molar refractivity (Wildman–Crippen MR) is 67.0 cm³/mol. The van der Waals surface area contributed by atoms with Gasteiger partial charge in [0.05, 0.1) is 5.60 Å². The summed E-state index contributed by atoms with van der Waals surface area (Å²) in [7, 11) is 1.72. The molecule has 1 aromatic rings. The highest BCUT2D eigenvalue weighted by molar-refractivity contribution is 5.50. The Kier molecular flexibility index (Phi) is 4.19. The Hall–Kier alpha value is -1.22. The fourth-order valence-electron chi connectivity index (χ4n) is 1.33. The number of methoxy groups -OCH3 is 1. The Morgan fingerprint density at radius 2 is 2.06 bits per heavy atom. The van der Waals surface area contributed by atoms with Gasteiger partial charge in [0.2, 0.25) is 0 Å². The maximum absolute atomic E-state index is 9.54. The van der Waals surface area contributed by atoms with E-state index < -0.39 is 0 Å². The third kappa shape index (κ3) is 3.74. The lowest BCUT2D eigenvalue weighted by Gasteiger charge is -2.23. The van der Waals surface area contributed by atoms with Crippen molar-refractivity contribution in [2.24, 2.45) is 0 Å². The Morgan fingerprint density at radius 1 is 1.38 bits per heavy atom. The van der Waals surface area contributed by atoms with Crippen molar-refractivity contribution >= 4 is 5.69 Å². The molecule has 0 fully saturated rings. The molecule has 2 N–H and O–H groups in total. The normalized spacial score (nSPS) is 11.5. The molecular formula is C13H21NO2. The number of benzene rings is 1. The van der Waals surface area contributed by atoms with E-state index in [1.165, 1.54) is 0 Å². The molecule has 0 radical (unpaired) electrons. The standard InChI is InChI=1S/C13H21NO2/c1-10-5-6-11(9-12(10)15)14-8-7-13(2,3)16-4/h5-6,9,14-15H,7-8H2,1-4H3. The fraction of sp³-hybridized carbons (Fsp3) is 0.538. The Bertz CT molecular complexity index is 348. The van der Waals surface area contributed by atoms with Crippen molar-refractivity contribution in [3.8, 4) is 5.75 Å². The van der Waals surface area contributed by atoms with Crippen molar-refractivity contribution in [1.29, 1.82) is 0 Å². The summed E-state index contributed by atoms with van der Waals surface area (Å²) in [5.74, 6) is 0.330. The smallest absolute Gasteiger partial charge is 0.120 e. The molecule has 0 aliphatic rings. The number of phenolic OH excluding ortho intramolecular Hbond substituents is 1. The monoisotopic (exact) mass is 223 g/mol. The number of aromatic hydroxyl groups is 1. The number of ether oxygens (including phenoxy) is 1. The van der Waals surface area contributed by atoms with E-state index in [-0.39, 0.29) is 5.60 Å². The molecule has 0 aliphatic carbocycles. The first-order valence-electron chi connectivity index (χ1n) is 5.53. The van der Waals surface area contributed by atoms with E-state index in [0.717, 1.165) is 24.2 Å². The van der Waals surface area contributed by atoms with Gasteiger partial charge in [0, 0.05) is 25.4 Å². The van der Waals surface area contributed by atoms with E-state index in [4.69, 9.17) is 4.74 Å². The second kappa shape index (κ2) is 5.21. The molecule has 0 saturated heterocycles. The molecule has 0 heterocycles. The fourth-order valence-corrected chi connectivity index (χ4v) is 1.33. The highest BCUT2D eigenvalue weighted by Crippen LogP contribution is 2.21. The molecule has 0 amide bonds. The van der Waals surface area contributed by atoms with Crippen LogP contribution in [0.25, 0.3) is 0 Å². The van der Waals surface area contributed by atoms with Gasteiger partial charge in [0.25, 0.3) is 0 Å². The molecule has 3 heteroatoms. The Morgan fingerprint density at radius 3 is 2.62 bits per heavy atom. The summed E-state index contributed by atoms with van der Waals surface area (Å²) in [6, 6.07) is 5.61. The number of nitrogens with one attached hydrogen (secondary N) is 1. The molecule has 1 rings (SSSR count). The lowest BCUT2D eigenvalue weighted by Crippen LogP contribution is -2.25. The van der Waals surface area contributed by atoms with Crippen LogP contribution in [-0.2, 0) is 4.74 Å². The molecule has 3 nitrogen and oxygen atoms in total. The van der Waals surface area contributed by atoms with Crippen LogP contribution in [0.15, 0.2) is 18.2 Å². The molecule has 1 aromatic carbocycles. The number of rotatable bonds is 5. The number of phenols is 1. The van der Waals surface area contributed by atoms with Gasteiger partial charge in [0.15, 0.2) is 0 Å². The molecule has 0 aliphatic heterocycles. The van der Waals surface area contributed by atoms with Crippen molar-refractivity contribution in [3.05, 3.63) is 23.8 Å². The van der Waals surface area contributed by atoms with E-state index in [0.29, 0.717) is 5.75 Å². The quantitative estimate of drug-likeness (QED) is 0.806. The molecule has 0 aromatic heterocycles. The second-order valence-electron chi connectivity index (χ2n) is 4.64. The van der Waals surface area contributed by atoms with Crippen LogP contribution in [0.3, 0.4) is 0 Å². The summed E-state index contributed by atoms with van der Waals surface area (Å²) in [5, 5.41) is 12.8. The van der Waals surface area contributed by atoms with Crippen LogP contribution < -0.4 is 5.32 Å². The maximum Gasteiger partial charge on any atom is 0.120 e. The van der Waals surface area contributed by atoms with E-state index in [9.17, 15) is 5.11 Å². The molecule has 90 valence electrons. The predicted octanol–water partition coefficient (Wildman–Crippen LogP) is 2.93. The molecule has 0 bridgehead atoms. The highest BCUT2D eigenvalue weighted by Gasteiger charge is 2.15. The van der Waals surface area contributed by atoms with Gasteiger partial charge >= 0.3 is 0 Å². The lowest BCUT2D eigenvalue weighted by atomic mass is 10.1. The highest BCUT2D eigenvalue weighted by atomic mass is 16.5. The van der Waals surface area contributed by atoms with Crippen LogP contribution in [0.2, 0.25) is 0 Å². The van der Waals surface area contributed by atoms with Gasteiger partial charge in [-0.15, -0.1) is 0 Å². The van der Waals surface area contributed by atoms with Crippen LogP contribution in [-0.4, -0.2) is 24.4 Å². The van der Waals surface area contributed by atoms with Crippen molar-refractivity contribution in [2.45, 2.75) is 32.8 Å². The first kappa shape index (κ1) is 12.8. The van der Waals surface area contributed by atoms with E-state index in [2.05, 4.69) is 19.2 Å². The van der Waals surface area contributed by atoms with Crippen molar-refractivity contribution in [3.63, 3.8) is 0 Å². The number of hydrogen-bond acceptors (Lipinski definition) is 3. The van der Waals surface area contributed by atoms with Crippen LogP contribution in [0, 0.1) is 6.92 Å². The largest absolute Gasteiger partial charge is 0.508 e. The summed E-state index contributed by atoms with van der Waals surface area (Å²) in [5.41, 5.74) is 1.72. The van der Waals surface area contributed by atoms with Crippen molar-refractivity contribution in [2.75, 3.05) is 19.0 Å². The van der Waals surface area contributed by atoms with Crippen LogP contribution >= 0.6 is 0 Å². The molecular weight excluding hydrogens is 202 g/mol. The van der Waals surface area contributed by atoms with Crippen LogP contribution in [0.5, 0.6) is 5.75 Å². The van der Waals surface area contributed by atoms with Gasteiger partial charge in [-0.1, -0.05) is 6.07 Å². The minimum atomic E-state index is -0.111.